The normalized spacial score (nSPS) is 16.2. The van der Waals surface area contributed by atoms with E-state index < -0.39 is 11.5 Å². The number of H-pyrrole nitrogens is 1. The number of nitrogens with zero attached hydrogens (tertiary/aromatic N) is 10. The Morgan fingerprint density at radius 3 is 1.92 bits per heavy atom. The van der Waals surface area contributed by atoms with Crippen molar-refractivity contribution in [2.24, 2.45) is 5.73 Å². The fourth-order valence-corrected chi connectivity index (χ4v) is 8.79. The van der Waals surface area contributed by atoms with E-state index in [0.29, 0.717) is 45.8 Å². The van der Waals surface area contributed by atoms with Crippen LogP contribution < -0.4 is 82.9 Å². The monoisotopic (exact) mass is 1010 g/mol. The summed E-state index contributed by atoms with van der Waals surface area (Å²) in [6.07, 6.45) is 12.8. The Labute approximate surface area is 463 Å². The van der Waals surface area contributed by atoms with Gasteiger partial charge in [-0.3, -0.25) is 24.2 Å². The Balaban J connectivity index is 0.000000176. The smallest absolute Gasteiger partial charge is 0.850 e. The summed E-state index contributed by atoms with van der Waals surface area (Å²) in [4.78, 5) is 63.9. The number of amides is 2. The van der Waals surface area contributed by atoms with Crippen LogP contribution in [0.1, 0.15) is 98.3 Å². The number of aliphatic hydroxyl groups is 1. The van der Waals surface area contributed by atoms with E-state index in [1.807, 2.05) is 61.0 Å². The average Bonchev–Trinajstić information content (AvgIpc) is 4.29. The maximum absolute atomic E-state index is 12.9. The number of carbonyl (C=O) groups excluding carboxylic acids is 2. The van der Waals surface area contributed by atoms with E-state index in [-0.39, 0.29) is 62.9 Å². The SMILES string of the molecule is CC(C)(C)[O-].CCCCO.Cc1cn2cc(C(=O)Nc3ccc(N4CCN(C5CC5)CC4)cc3C(N)=O)ccc2n1.Cc1cn2nc(-c3nc4ccc(N5CCN(C6CC6)CC5)cc4c(=O)[nH]3)ccc2n1.[K+]. The van der Waals surface area contributed by atoms with E-state index in [4.69, 9.17) is 10.8 Å². The molecule has 2 aliphatic carbocycles. The molecule has 0 atom stereocenters. The molecule has 0 bridgehead atoms. The summed E-state index contributed by atoms with van der Waals surface area (Å²) in [6.45, 7) is 19.2. The van der Waals surface area contributed by atoms with Gasteiger partial charge in [0.05, 0.1) is 45.3 Å². The van der Waals surface area contributed by atoms with Crippen LogP contribution in [-0.2, 0) is 0 Å². The predicted octanol–water partition coefficient (Wildman–Crippen LogP) is 2.43. The number of piperazine rings is 2. The number of aromatic amines is 1. The third kappa shape index (κ3) is 14.6. The summed E-state index contributed by atoms with van der Waals surface area (Å²) >= 11 is 0. The molecule has 72 heavy (non-hydrogen) atoms. The van der Waals surface area contributed by atoms with Gasteiger partial charge in [-0.15, -0.1) is 5.60 Å². The number of hydrogen-bond acceptors (Lipinski definition) is 13. The van der Waals surface area contributed by atoms with Crippen LogP contribution in [0.4, 0.5) is 17.1 Å². The molecule has 0 unspecified atom stereocenters. The van der Waals surface area contributed by atoms with Gasteiger partial charge < -0.3 is 40.4 Å². The summed E-state index contributed by atoms with van der Waals surface area (Å²) in [5, 5.41) is 26.2. The molecule has 4 aliphatic rings. The molecule has 2 aliphatic heterocycles. The minimum atomic E-state index is -0.750. The number of nitrogens with two attached hydrogens (primary N) is 1. The van der Waals surface area contributed by atoms with Gasteiger partial charge in [0.25, 0.3) is 17.4 Å². The van der Waals surface area contributed by atoms with E-state index in [0.717, 1.165) is 111 Å². The number of fused-ring (bicyclic) bond motifs is 3. The molecule has 376 valence electrons. The van der Waals surface area contributed by atoms with Crippen molar-refractivity contribution in [2.45, 2.75) is 97.8 Å². The van der Waals surface area contributed by atoms with Crippen molar-refractivity contribution in [3.63, 3.8) is 0 Å². The van der Waals surface area contributed by atoms with Crippen molar-refractivity contribution < 1.29 is 71.2 Å². The number of pyridine rings is 1. The van der Waals surface area contributed by atoms with Gasteiger partial charge in [0.1, 0.15) is 11.3 Å². The quantitative estimate of drug-likeness (QED) is 0.145. The van der Waals surface area contributed by atoms with Gasteiger partial charge in [-0.25, -0.2) is 19.5 Å². The first-order chi connectivity index (χ1) is 34.0. The van der Waals surface area contributed by atoms with E-state index in [1.54, 1.807) is 55.7 Å². The minimum absolute atomic E-state index is 0. The van der Waals surface area contributed by atoms with Crippen LogP contribution in [0.5, 0.6) is 0 Å². The molecule has 2 amide bonds. The van der Waals surface area contributed by atoms with Crippen molar-refractivity contribution >= 4 is 51.1 Å². The van der Waals surface area contributed by atoms with E-state index in [9.17, 15) is 19.5 Å². The van der Waals surface area contributed by atoms with Gasteiger partial charge in [-0.1, -0.05) is 34.1 Å². The number of aromatic nitrogens is 7. The summed E-state index contributed by atoms with van der Waals surface area (Å²) in [6, 6.07) is 20.3. The minimum Gasteiger partial charge on any atom is -0.850 e. The Morgan fingerprint density at radius 2 is 1.35 bits per heavy atom. The number of anilines is 3. The number of primary amides is 1. The van der Waals surface area contributed by atoms with Crippen molar-refractivity contribution in [3.8, 4) is 11.5 Å². The number of aryl methyl sites for hydroxylation is 2. The molecule has 2 saturated heterocycles. The second kappa shape index (κ2) is 24.3. The maximum atomic E-state index is 12.9. The molecule has 7 aromatic rings. The zero-order chi connectivity index (χ0) is 50.4. The van der Waals surface area contributed by atoms with Crippen LogP contribution in [0.3, 0.4) is 0 Å². The van der Waals surface area contributed by atoms with Gasteiger partial charge in [0.2, 0.25) is 0 Å². The number of benzene rings is 2. The Hall–Kier alpha value is -5.09. The third-order valence-electron chi connectivity index (χ3n) is 12.7. The zero-order valence-electron chi connectivity index (χ0n) is 42.9. The number of carbonyl (C=O) groups is 2. The number of rotatable bonds is 10. The van der Waals surface area contributed by atoms with Crippen LogP contribution in [0.15, 0.2) is 84.0 Å². The Kier molecular flexibility index (Phi) is 18.4. The number of nitrogens with one attached hydrogen (secondary N) is 2. The standard InChI is InChI=1S/C23H26N6O2.C22H23N7O.C4H9O.C4H10O.K/c1-15-13-29-14-16(2-7-21(29)25-15)23(31)26-20-6-5-18(12-19(20)22(24)30)28-10-8-27(9-11-28)17-3-4-17;1-14-13-29-20(23-14)7-6-19(26-29)21-24-18-5-4-16(12-17(18)22(30)25-21)28-10-8-27(9-11-28)15-2-3-15;1-4(2,3)5;1-2-3-4-5;/h2,5-7,12-14,17H,3-4,8-11H2,1H3,(H2,24,30)(H,26,31);4-7,12-13,15H,2-3,8-11H2,1H3,(H,24,25,30);1-3H3;5H,2-4H2,1H3;/q;;-1;;+1. The number of aliphatic hydroxyl groups excluding tert-OH is 1. The molecule has 2 aromatic carbocycles. The second-order valence-corrected chi connectivity index (χ2v) is 19.8. The largest absolute Gasteiger partial charge is 1.00 e. The van der Waals surface area contributed by atoms with Gasteiger partial charge in [-0.05, 0) is 107 Å². The van der Waals surface area contributed by atoms with E-state index in [1.165, 1.54) is 25.7 Å². The van der Waals surface area contributed by atoms with Crippen LogP contribution in [0.25, 0.3) is 33.7 Å². The third-order valence-corrected chi connectivity index (χ3v) is 12.7. The summed E-state index contributed by atoms with van der Waals surface area (Å²) < 4.78 is 3.52. The van der Waals surface area contributed by atoms with E-state index >= 15 is 0 Å². The Morgan fingerprint density at radius 1 is 0.778 bits per heavy atom. The molecule has 0 radical (unpaired) electrons. The molecular formula is C53H68KN13O5. The number of imidazole rings is 2. The molecule has 4 fully saturated rings. The molecule has 11 rings (SSSR count). The van der Waals surface area contributed by atoms with Crippen molar-refractivity contribution in [1.82, 2.24) is 43.8 Å². The van der Waals surface area contributed by atoms with Gasteiger partial charge in [-0.2, -0.15) is 5.10 Å². The molecule has 2 saturated carbocycles. The average molecular weight is 1010 g/mol. The van der Waals surface area contributed by atoms with Crippen LogP contribution >= 0.6 is 0 Å². The Bertz CT molecular complexity index is 3020. The molecule has 0 spiro atoms. The van der Waals surface area contributed by atoms with Crippen LogP contribution in [0.2, 0.25) is 0 Å². The first kappa shape index (κ1) is 54.7. The van der Waals surface area contributed by atoms with Gasteiger partial charge in [0.15, 0.2) is 11.5 Å². The zero-order valence-corrected chi connectivity index (χ0v) is 46.0. The first-order valence-corrected chi connectivity index (χ1v) is 24.9. The molecule has 5 N–H and O–H groups in total. The number of hydrogen-bond donors (Lipinski definition) is 4. The van der Waals surface area contributed by atoms with Gasteiger partial charge in [0, 0.05) is 94.8 Å². The van der Waals surface area contributed by atoms with Gasteiger partial charge >= 0.3 is 51.4 Å². The molecular weight excluding hydrogens is 938 g/mol. The first-order valence-electron chi connectivity index (χ1n) is 24.9. The predicted molar refractivity (Wildman–Crippen MR) is 277 cm³/mol. The summed E-state index contributed by atoms with van der Waals surface area (Å²) in [5.74, 6) is -0.400. The summed E-state index contributed by atoms with van der Waals surface area (Å²) in [5.41, 5.74) is 12.6. The topological polar surface area (TPSA) is 222 Å². The fraction of sp³-hybridized carbons (Fsp3) is 0.453. The summed E-state index contributed by atoms with van der Waals surface area (Å²) in [7, 11) is 0. The van der Waals surface area contributed by atoms with E-state index in [2.05, 4.69) is 62.9 Å². The molecule has 18 nitrogen and oxygen atoms in total. The van der Waals surface area contributed by atoms with Crippen molar-refractivity contribution in [2.75, 3.05) is 74.1 Å². The second-order valence-electron chi connectivity index (χ2n) is 19.8. The molecule has 19 heteroatoms. The number of unbranched alkanes of at least 4 members (excludes halogenated alkanes) is 1. The molecule has 5 aromatic heterocycles. The van der Waals surface area contributed by atoms with Crippen molar-refractivity contribution in [1.29, 1.82) is 0 Å². The van der Waals surface area contributed by atoms with Crippen molar-refractivity contribution in [3.05, 3.63) is 112 Å². The van der Waals surface area contributed by atoms with Crippen LogP contribution in [0, 0.1) is 13.8 Å². The molecule has 7 heterocycles. The van der Waals surface area contributed by atoms with Crippen LogP contribution in [-0.4, -0.2) is 137 Å². The fourth-order valence-electron chi connectivity index (χ4n) is 8.79. The maximum Gasteiger partial charge on any atom is 1.00 e.